The number of aromatic nitrogens is 4. The third kappa shape index (κ3) is 5.60. The van der Waals surface area contributed by atoms with Crippen LogP contribution in [0, 0.1) is 5.82 Å². The van der Waals surface area contributed by atoms with Crippen LogP contribution >= 0.6 is 0 Å². The number of urea groups is 1. The molecule has 0 bridgehead atoms. The number of fused-ring (bicyclic) bond motifs is 1. The summed E-state index contributed by atoms with van der Waals surface area (Å²) in [7, 11) is 1.49. The third-order valence-corrected chi connectivity index (χ3v) is 5.89. The molecule has 11 nitrogen and oxygen atoms in total. The normalized spacial score (nSPS) is 11.3. The van der Waals surface area contributed by atoms with Gasteiger partial charge in [0.15, 0.2) is 12.0 Å². The van der Waals surface area contributed by atoms with Crippen LogP contribution in [0.25, 0.3) is 16.8 Å². The van der Waals surface area contributed by atoms with E-state index in [1.165, 1.54) is 37.8 Å². The topological polar surface area (TPSA) is 136 Å². The summed E-state index contributed by atoms with van der Waals surface area (Å²) >= 11 is 0. The first-order chi connectivity index (χ1) is 19.1. The van der Waals surface area contributed by atoms with Crippen LogP contribution in [0.2, 0.25) is 0 Å². The largest absolute Gasteiger partial charge is 0.457 e. The van der Waals surface area contributed by atoms with Gasteiger partial charge in [-0.1, -0.05) is 20.8 Å². The van der Waals surface area contributed by atoms with Crippen LogP contribution in [0.5, 0.6) is 11.5 Å². The number of pyridine rings is 1. The highest BCUT2D eigenvalue weighted by atomic mass is 19.1. The van der Waals surface area contributed by atoms with Crippen molar-refractivity contribution in [2.24, 2.45) is 0 Å². The molecule has 0 aliphatic heterocycles. The minimum atomic E-state index is -0.714. The molecule has 0 saturated carbocycles. The molecule has 5 aromatic rings. The van der Waals surface area contributed by atoms with Crippen molar-refractivity contribution in [3.8, 4) is 17.2 Å². The van der Waals surface area contributed by atoms with Crippen molar-refractivity contribution >= 4 is 34.5 Å². The Bertz CT molecular complexity index is 1720. The van der Waals surface area contributed by atoms with E-state index in [-0.39, 0.29) is 28.5 Å². The maximum absolute atomic E-state index is 14.9. The summed E-state index contributed by atoms with van der Waals surface area (Å²) in [5.41, 5.74) is 2.47. The fraction of sp³-hybridized carbons (Fsp3) is 0.179. The van der Waals surface area contributed by atoms with Gasteiger partial charge in [-0.05, 0) is 36.4 Å². The first-order valence-corrected chi connectivity index (χ1v) is 12.3. The van der Waals surface area contributed by atoms with Gasteiger partial charge < -0.3 is 19.8 Å². The van der Waals surface area contributed by atoms with Crippen molar-refractivity contribution < 1.29 is 23.1 Å². The van der Waals surface area contributed by atoms with Crippen LogP contribution in [-0.4, -0.2) is 38.7 Å². The summed E-state index contributed by atoms with van der Waals surface area (Å²) in [5, 5.41) is 12.4. The van der Waals surface area contributed by atoms with Crippen LogP contribution < -0.4 is 20.7 Å². The van der Waals surface area contributed by atoms with Crippen LogP contribution in [0.1, 0.15) is 37.0 Å². The molecule has 3 N–H and O–H groups in total. The fourth-order valence-corrected chi connectivity index (χ4v) is 3.80. The van der Waals surface area contributed by atoms with Crippen molar-refractivity contribution in [2.45, 2.75) is 26.2 Å². The number of nitrogens with one attached hydrogen (secondary N) is 3. The van der Waals surface area contributed by atoms with E-state index in [1.807, 2.05) is 20.8 Å². The quantitative estimate of drug-likeness (QED) is 0.252. The monoisotopic (exact) mass is 543 g/mol. The lowest BCUT2D eigenvalue weighted by Gasteiger charge is -2.14. The minimum Gasteiger partial charge on any atom is -0.457 e. The van der Waals surface area contributed by atoms with Crippen LogP contribution in [0.15, 0.2) is 71.6 Å². The van der Waals surface area contributed by atoms with Crippen LogP contribution in [0.3, 0.4) is 0 Å². The Morgan fingerprint density at radius 2 is 1.77 bits per heavy atom. The maximum atomic E-state index is 14.9. The zero-order chi connectivity index (χ0) is 28.4. The second-order valence-corrected chi connectivity index (χ2v) is 9.86. The van der Waals surface area contributed by atoms with Gasteiger partial charge in [0.1, 0.15) is 34.3 Å². The van der Waals surface area contributed by atoms with E-state index in [0.29, 0.717) is 28.4 Å². The Hall–Kier alpha value is -5.26. The van der Waals surface area contributed by atoms with Crippen LogP contribution in [-0.2, 0) is 5.41 Å². The first-order valence-electron chi connectivity index (χ1n) is 12.3. The molecule has 2 aromatic carbocycles. The number of benzene rings is 2. The number of hydrogen-bond donors (Lipinski definition) is 3. The van der Waals surface area contributed by atoms with Crippen molar-refractivity contribution in [2.75, 3.05) is 17.7 Å². The lowest BCUT2D eigenvalue weighted by atomic mass is 9.92. The molecule has 0 fully saturated rings. The number of ether oxygens (including phenoxy) is 1. The Kier molecular flexibility index (Phi) is 6.91. The molecular formula is C28H26FN7O4. The number of amides is 3. The van der Waals surface area contributed by atoms with Crippen molar-refractivity contribution in [3.63, 3.8) is 0 Å². The van der Waals surface area contributed by atoms with Gasteiger partial charge in [-0.3, -0.25) is 15.1 Å². The highest BCUT2D eigenvalue weighted by molar-refractivity contribution is 5.99. The van der Waals surface area contributed by atoms with Crippen molar-refractivity contribution in [1.82, 2.24) is 25.1 Å². The fourth-order valence-electron chi connectivity index (χ4n) is 3.80. The van der Waals surface area contributed by atoms with E-state index < -0.39 is 11.8 Å². The molecule has 5 rings (SSSR count). The van der Waals surface area contributed by atoms with Crippen molar-refractivity contribution in [1.29, 1.82) is 0 Å². The number of nitrogens with zero attached hydrogens (tertiary/aromatic N) is 4. The molecule has 3 aromatic heterocycles. The number of halogens is 1. The molecule has 204 valence electrons. The number of hydrogen-bond acceptors (Lipinski definition) is 7. The third-order valence-electron chi connectivity index (χ3n) is 5.89. The number of oxazole rings is 1. The highest BCUT2D eigenvalue weighted by Crippen LogP contribution is 2.29. The van der Waals surface area contributed by atoms with E-state index in [1.54, 1.807) is 35.0 Å². The molecule has 0 aliphatic carbocycles. The standard InChI is InChI=1S/C28H26FN7O4/c1-28(2,3)24-14-25(36(35-24)16-5-8-23-21(11-16)32-15-39-23)34-27(38)33-20-7-6-17(12-19(20)29)40-18-9-10-31-22(13-18)26(37)30-4/h5-15H,1-4H3,(H,30,37)(H2,33,34,38). The van der Waals surface area contributed by atoms with E-state index in [9.17, 15) is 14.0 Å². The lowest BCUT2D eigenvalue weighted by Crippen LogP contribution is -2.22. The van der Waals surface area contributed by atoms with Gasteiger partial charge in [0.05, 0.1) is 17.1 Å². The lowest BCUT2D eigenvalue weighted by molar-refractivity contribution is 0.0957. The second-order valence-electron chi connectivity index (χ2n) is 9.86. The molecule has 0 unspecified atom stereocenters. The Labute approximate surface area is 228 Å². The van der Waals surface area contributed by atoms with Gasteiger partial charge in [0.25, 0.3) is 5.91 Å². The maximum Gasteiger partial charge on any atom is 0.324 e. The molecule has 12 heteroatoms. The molecule has 0 radical (unpaired) electrons. The summed E-state index contributed by atoms with van der Waals surface area (Å²) in [4.78, 5) is 32.9. The average Bonchev–Trinajstić information content (AvgIpc) is 3.56. The molecular weight excluding hydrogens is 517 g/mol. The van der Waals surface area contributed by atoms with E-state index >= 15 is 0 Å². The zero-order valence-electron chi connectivity index (χ0n) is 22.2. The predicted octanol–water partition coefficient (Wildman–Crippen LogP) is 5.64. The molecule has 0 atom stereocenters. The minimum absolute atomic E-state index is 0.0586. The van der Waals surface area contributed by atoms with Gasteiger partial charge in [-0.2, -0.15) is 5.10 Å². The second kappa shape index (κ2) is 10.5. The number of carbonyl (C=O) groups is 2. The average molecular weight is 544 g/mol. The van der Waals surface area contributed by atoms with Crippen LogP contribution in [0.4, 0.5) is 20.7 Å². The SMILES string of the molecule is CNC(=O)c1cc(Oc2ccc(NC(=O)Nc3cc(C(C)(C)C)nn3-c3ccc4ocnc4c3)c(F)c2)ccn1. The predicted molar refractivity (Wildman–Crippen MR) is 147 cm³/mol. The molecule has 0 spiro atoms. The van der Waals surface area contributed by atoms with Gasteiger partial charge in [-0.25, -0.2) is 18.9 Å². The molecule has 0 saturated heterocycles. The molecule has 40 heavy (non-hydrogen) atoms. The Balaban J connectivity index is 1.34. The van der Waals surface area contributed by atoms with Crippen molar-refractivity contribution in [3.05, 3.63) is 84.4 Å². The molecule has 3 heterocycles. The van der Waals surface area contributed by atoms with Gasteiger partial charge >= 0.3 is 6.03 Å². The van der Waals surface area contributed by atoms with E-state index in [4.69, 9.17) is 14.3 Å². The summed E-state index contributed by atoms with van der Waals surface area (Å²) in [6, 6.07) is 13.4. The summed E-state index contributed by atoms with van der Waals surface area (Å²) in [5.74, 6) is -0.229. The number of anilines is 2. The smallest absolute Gasteiger partial charge is 0.324 e. The Morgan fingerprint density at radius 1 is 0.975 bits per heavy atom. The summed E-state index contributed by atoms with van der Waals surface area (Å²) < 4.78 is 27.5. The molecule has 3 amide bonds. The Morgan fingerprint density at radius 3 is 2.52 bits per heavy atom. The zero-order valence-corrected chi connectivity index (χ0v) is 22.2. The van der Waals surface area contributed by atoms with Gasteiger partial charge in [0.2, 0.25) is 0 Å². The van der Waals surface area contributed by atoms with Gasteiger partial charge in [0, 0.05) is 36.9 Å². The summed E-state index contributed by atoms with van der Waals surface area (Å²) in [6.07, 6.45) is 2.77. The van der Waals surface area contributed by atoms with E-state index in [0.717, 1.165) is 11.8 Å². The highest BCUT2D eigenvalue weighted by Gasteiger charge is 2.22. The van der Waals surface area contributed by atoms with Gasteiger partial charge in [-0.15, -0.1) is 0 Å². The number of carbonyl (C=O) groups excluding carboxylic acids is 2. The first kappa shape index (κ1) is 26.4. The number of rotatable bonds is 6. The summed E-state index contributed by atoms with van der Waals surface area (Å²) in [6.45, 7) is 6.03. The van der Waals surface area contributed by atoms with E-state index in [2.05, 4.69) is 25.9 Å². The molecule has 0 aliphatic rings.